The number of rotatable bonds is 4. The standard InChI is InChI=1S/C20H31FN2/c1-19(2,17-21)23-14-10-20(11-15-23)8-12-22(13-9-20)16-18-6-4-3-5-7-18/h3-7H,8-17H2,1-2H3. The minimum Gasteiger partial charge on any atom is -0.299 e. The molecule has 23 heavy (non-hydrogen) atoms. The van der Waals surface area contributed by atoms with Crippen molar-refractivity contribution in [3.8, 4) is 0 Å². The molecule has 0 bridgehead atoms. The monoisotopic (exact) mass is 318 g/mol. The van der Waals surface area contributed by atoms with Crippen molar-refractivity contribution in [2.24, 2.45) is 5.41 Å². The molecule has 0 amide bonds. The normalized spacial score (nSPS) is 23.3. The zero-order valence-electron chi connectivity index (χ0n) is 14.7. The second kappa shape index (κ2) is 6.90. The SMILES string of the molecule is CC(C)(CF)N1CCC2(CCN(Cc3ccccc3)CC2)CC1. The first-order valence-corrected chi connectivity index (χ1v) is 9.10. The highest BCUT2D eigenvalue weighted by atomic mass is 19.1. The lowest BCUT2D eigenvalue weighted by Crippen LogP contribution is -2.53. The summed E-state index contributed by atoms with van der Waals surface area (Å²) in [6.07, 6.45) is 5.11. The molecular weight excluding hydrogens is 287 g/mol. The zero-order chi connectivity index (χ0) is 16.3. The molecule has 0 atom stereocenters. The number of alkyl halides is 1. The summed E-state index contributed by atoms with van der Waals surface area (Å²) in [7, 11) is 0. The van der Waals surface area contributed by atoms with E-state index in [-0.39, 0.29) is 12.2 Å². The van der Waals surface area contributed by atoms with Crippen molar-refractivity contribution in [3.63, 3.8) is 0 Å². The van der Waals surface area contributed by atoms with Crippen LogP contribution in [-0.2, 0) is 6.54 Å². The molecule has 3 rings (SSSR count). The molecule has 3 heteroatoms. The summed E-state index contributed by atoms with van der Waals surface area (Å²) in [5.74, 6) is 0. The quantitative estimate of drug-likeness (QED) is 0.824. The Morgan fingerprint density at radius 1 is 0.957 bits per heavy atom. The Morgan fingerprint density at radius 2 is 1.52 bits per heavy atom. The Morgan fingerprint density at radius 3 is 2.09 bits per heavy atom. The number of likely N-dealkylation sites (tertiary alicyclic amines) is 2. The summed E-state index contributed by atoms with van der Waals surface area (Å²) in [4.78, 5) is 4.95. The molecule has 0 N–H and O–H groups in total. The van der Waals surface area contributed by atoms with Gasteiger partial charge >= 0.3 is 0 Å². The summed E-state index contributed by atoms with van der Waals surface area (Å²) < 4.78 is 13.2. The molecule has 1 spiro atoms. The van der Waals surface area contributed by atoms with E-state index in [1.54, 1.807) is 0 Å². The molecule has 1 aromatic rings. The fourth-order valence-electron chi connectivity index (χ4n) is 4.20. The van der Waals surface area contributed by atoms with E-state index in [1.807, 2.05) is 13.8 Å². The molecule has 0 unspecified atom stereocenters. The molecule has 0 aromatic heterocycles. The second-order valence-corrected chi connectivity index (χ2v) is 8.19. The van der Waals surface area contributed by atoms with Crippen molar-refractivity contribution in [2.45, 2.75) is 51.6 Å². The van der Waals surface area contributed by atoms with Gasteiger partial charge in [-0.25, -0.2) is 4.39 Å². The number of hydrogen-bond acceptors (Lipinski definition) is 2. The fraction of sp³-hybridized carbons (Fsp3) is 0.700. The van der Waals surface area contributed by atoms with E-state index >= 15 is 0 Å². The van der Waals surface area contributed by atoms with Crippen LogP contribution in [0.4, 0.5) is 4.39 Å². The average Bonchev–Trinajstić information content (AvgIpc) is 2.59. The van der Waals surface area contributed by atoms with E-state index in [2.05, 4.69) is 40.1 Å². The summed E-state index contributed by atoms with van der Waals surface area (Å²) in [6, 6.07) is 10.8. The minimum absolute atomic E-state index is 0.245. The number of halogens is 1. The topological polar surface area (TPSA) is 6.48 Å². The average molecular weight is 318 g/mol. The van der Waals surface area contributed by atoms with Crippen LogP contribution >= 0.6 is 0 Å². The minimum atomic E-state index is -0.282. The van der Waals surface area contributed by atoms with E-state index in [0.717, 1.165) is 19.6 Å². The Kier molecular flexibility index (Phi) is 5.07. The van der Waals surface area contributed by atoms with Crippen LogP contribution in [0.1, 0.15) is 45.1 Å². The van der Waals surface area contributed by atoms with Gasteiger partial charge in [0.1, 0.15) is 6.67 Å². The van der Waals surface area contributed by atoms with Crippen molar-refractivity contribution in [1.82, 2.24) is 9.80 Å². The van der Waals surface area contributed by atoms with E-state index < -0.39 is 0 Å². The van der Waals surface area contributed by atoms with Crippen LogP contribution in [0.15, 0.2) is 30.3 Å². The Balaban J connectivity index is 1.50. The summed E-state index contributed by atoms with van der Waals surface area (Å²) in [5.41, 5.74) is 1.66. The van der Waals surface area contributed by atoms with Crippen LogP contribution in [-0.4, -0.2) is 48.2 Å². The molecule has 2 fully saturated rings. The molecule has 2 heterocycles. The Hall–Kier alpha value is -0.930. The van der Waals surface area contributed by atoms with Gasteiger partial charge in [0.05, 0.1) is 0 Å². The third-order valence-corrected chi connectivity index (χ3v) is 6.17. The number of benzene rings is 1. The summed E-state index contributed by atoms with van der Waals surface area (Å²) >= 11 is 0. The molecule has 2 aliphatic heterocycles. The van der Waals surface area contributed by atoms with Gasteiger partial charge in [-0.05, 0) is 76.7 Å². The van der Waals surface area contributed by atoms with Gasteiger partial charge in [0, 0.05) is 12.1 Å². The number of nitrogens with zero attached hydrogens (tertiary/aromatic N) is 2. The molecule has 0 radical (unpaired) electrons. The predicted molar refractivity (Wildman–Crippen MR) is 94.2 cm³/mol. The van der Waals surface area contributed by atoms with Gasteiger partial charge in [-0.15, -0.1) is 0 Å². The third kappa shape index (κ3) is 3.95. The molecule has 0 aliphatic carbocycles. The van der Waals surface area contributed by atoms with E-state index in [0.29, 0.717) is 5.41 Å². The van der Waals surface area contributed by atoms with Gasteiger partial charge in [-0.3, -0.25) is 9.80 Å². The van der Waals surface area contributed by atoms with Crippen molar-refractivity contribution in [1.29, 1.82) is 0 Å². The van der Waals surface area contributed by atoms with Crippen LogP contribution in [0, 0.1) is 5.41 Å². The number of hydrogen-bond donors (Lipinski definition) is 0. The third-order valence-electron chi connectivity index (χ3n) is 6.17. The maximum Gasteiger partial charge on any atom is 0.107 e. The van der Waals surface area contributed by atoms with E-state index in [4.69, 9.17) is 0 Å². The van der Waals surface area contributed by atoms with Crippen molar-refractivity contribution < 1.29 is 4.39 Å². The molecule has 2 nitrogen and oxygen atoms in total. The van der Waals surface area contributed by atoms with Crippen LogP contribution < -0.4 is 0 Å². The lowest BCUT2D eigenvalue weighted by molar-refractivity contribution is -0.0100. The van der Waals surface area contributed by atoms with Gasteiger partial charge in [-0.1, -0.05) is 30.3 Å². The summed E-state index contributed by atoms with van der Waals surface area (Å²) in [5, 5.41) is 0. The molecule has 2 saturated heterocycles. The lowest BCUT2D eigenvalue weighted by Gasteiger charge is -2.50. The van der Waals surface area contributed by atoms with Crippen molar-refractivity contribution >= 4 is 0 Å². The molecule has 128 valence electrons. The maximum atomic E-state index is 13.2. The van der Waals surface area contributed by atoms with Crippen molar-refractivity contribution in [3.05, 3.63) is 35.9 Å². The highest BCUT2D eigenvalue weighted by Crippen LogP contribution is 2.42. The van der Waals surface area contributed by atoms with Gasteiger partial charge in [0.2, 0.25) is 0 Å². The highest BCUT2D eigenvalue weighted by Gasteiger charge is 2.40. The van der Waals surface area contributed by atoms with E-state index in [1.165, 1.54) is 44.3 Å². The van der Waals surface area contributed by atoms with Crippen molar-refractivity contribution in [2.75, 3.05) is 32.9 Å². The van der Waals surface area contributed by atoms with Crippen LogP contribution in [0.5, 0.6) is 0 Å². The Bertz CT molecular complexity index is 482. The van der Waals surface area contributed by atoms with Gasteiger partial charge in [-0.2, -0.15) is 0 Å². The van der Waals surface area contributed by atoms with Crippen LogP contribution in [0.25, 0.3) is 0 Å². The first-order valence-electron chi connectivity index (χ1n) is 9.10. The zero-order valence-corrected chi connectivity index (χ0v) is 14.7. The lowest BCUT2D eigenvalue weighted by atomic mass is 9.70. The molecule has 1 aromatic carbocycles. The smallest absolute Gasteiger partial charge is 0.107 e. The maximum absolute atomic E-state index is 13.2. The molecule has 2 aliphatic rings. The first-order chi connectivity index (χ1) is 11.0. The molecular formula is C20H31FN2. The highest BCUT2D eigenvalue weighted by molar-refractivity contribution is 5.14. The van der Waals surface area contributed by atoms with Crippen LogP contribution in [0.3, 0.4) is 0 Å². The predicted octanol–water partition coefficient (Wildman–Crippen LogP) is 4.11. The summed E-state index contributed by atoms with van der Waals surface area (Å²) in [6.45, 7) is 9.46. The van der Waals surface area contributed by atoms with Crippen LogP contribution in [0.2, 0.25) is 0 Å². The first kappa shape index (κ1) is 16.9. The largest absolute Gasteiger partial charge is 0.299 e. The Labute approximate surface area is 140 Å². The number of piperidine rings is 2. The fourth-order valence-corrected chi connectivity index (χ4v) is 4.20. The van der Waals surface area contributed by atoms with Gasteiger partial charge in [0.25, 0.3) is 0 Å². The molecule has 0 saturated carbocycles. The second-order valence-electron chi connectivity index (χ2n) is 8.19. The van der Waals surface area contributed by atoms with Gasteiger partial charge in [0.15, 0.2) is 0 Å². The van der Waals surface area contributed by atoms with Gasteiger partial charge < -0.3 is 0 Å². The van der Waals surface area contributed by atoms with E-state index in [9.17, 15) is 4.39 Å².